The SMILES string of the molecule is CC(C)[C@@H](NC(=O)c1cccs1)C(=O)NNC(=O)CN1CCCc2ccccc21. The third-order valence-electron chi connectivity index (χ3n) is 4.85. The van der Waals surface area contributed by atoms with Crippen LogP contribution in [-0.4, -0.2) is 36.9 Å². The minimum absolute atomic E-state index is 0.134. The van der Waals surface area contributed by atoms with E-state index >= 15 is 0 Å². The van der Waals surface area contributed by atoms with E-state index in [4.69, 9.17) is 0 Å². The van der Waals surface area contributed by atoms with Crippen molar-refractivity contribution in [2.45, 2.75) is 32.7 Å². The molecule has 2 heterocycles. The lowest BCUT2D eigenvalue weighted by molar-refractivity contribution is -0.130. The lowest BCUT2D eigenvalue weighted by Gasteiger charge is -2.30. The van der Waals surface area contributed by atoms with Crippen LogP contribution in [0.2, 0.25) is 0 Å². The molecule has 154 valence electrons. The van der Waals surface area contributed by atoms with E-state index in [2.05, 4.69) is 22.2 Å². The molecule has 2 aromatic rings. The quantitative estimate of drug-likeness (QED) is 0.632. The molecular weight excluding hydrogens is 388 g/mol. The summed E-state index contributed by atoms with van der Waals surface area (Å²) in [5, 5.41) is 4.54. The van der Waals surface area contributed by atoms with Crippen LogP contribution < -0.4 is 21.1 Å². The zero-order valence-corrected chi connectivity index (χ0v) is 17.4. The fourth-order valence-corrected chi connectivity index (χ4v) is 3.98. The summed E-state index contributed by atoms with van der Waals surface area (Å²) in [6, 6.07) is 10.8. The van der Waals surface area contributed by atoms with Gasteiger partial charge in [-0.05, 0) is 41.8 Å². The Hall–Kier alpha value is -2.87. The van der Waals surface area contributed by atoms with Gasteiger partial charge in [0, 0.05) is 12.2 Å². The van der Waals surface area contributed by atoms with Gasteiger partial charge in [-0.25, -0.2) is 0 Å². The summed E-state index contributed by atoms with van der Waals surface area (Å²) in [5.74, 6) is -1.19. The summed E-state index contributed by atoms with van der Waals surface area (Å²) < 4.78 is 0. The van der Waals surface area contributed by atoms with Gasteiger partial charge in [-0.3, -0.25) is 25.2 Å². The Kier molecular flexibility index (Phi) is 6.87. The molecule has 0 saturated carbocycles. The number of amides is 3. The minimum Gasteiger partial charge on any atom is -0.362 e. The first-order valence-corrected chi connectivity index (χ1v) is 10.6. The van der Waals surface area contributed by atoms with Crippen molar-refractivity contribution in [1.29, 1.82) is 0 Å². The van der Waals surface area contributed by atoms with Crippen LogP contribution in [0.5, 0.6) is 0 Å². The number of anilines is 1. The number of nitrogens with one attached hydrogen (secondary N) is 3. The molecule has 1 atom stereocenters. The summed E-state index contributed by atoms with van der Waals surface area (Å²) in [6.45, 7) is 4.63. The highest BCUT2D eigenvalue weighted by Gasteiger charge is 2.26. The Bertz CT molecular complexity index is 867. The molecule has 3 N–H and O–H groups in total. The van der Waals surface area contributed by atoms with E-state index in [1.165, 1.54) is 16.9 Å². The number of hydrogen-bond acceptors (Lipinski definition) is 5. The predicted molar refractivity (Wildman–Crippen MR) is 114 cm³/mol. The fraction of sp³-hybridized carbons (Fsp3) is 0.381. The van der Waals surface area contributed by atoms with Crippen molar-refractivity contribution in [2.24, 2.45) is 5.92 Å². The zero-order valence-electron chi connectivity index (χ0n) is 16.6. The van der Waals surface area contributed by atoms with E-state index in [0.717, 1.165) is 25.1 Å². The molecule has 0 aliphatic carbocycles. The van der Waals surface area contributed by atoms with Crippen LogP contribution in [-0.2, 0) is 16.0 Å². The first kappa shape index (κ1) is 20.9. The van der Waals surface area contributed by atoms with Gasteiger partial charge in [-0.1, -0.05) is 38.1 Å². The number of carbonyl (C=O) groups excluding carboxylic acids is 3. The van der Waals surface area contributed by atoms with E-state index in [9.17, 15) is 14.4 Å². The Morgan fingerprint density at radius 1 is 1.10 bits per heavy atom. The van der Waals surface area contributed by atoms with Gasteiger partial charge in [0.25, 0.3) is 17.7 Å². The number of aryl methyl sites for hydroxylation is 1. The molecule has 1 aliphatic rings. The van der Waals surface area contributed by atoms with Gasteiger partial charge in [-0.15, -0.1) is 11.3 Å². The van der Waals surface area contributed by atoms with Crippen molar-refractivity contribution < 1.29 is 14.4 Å². The molecule has 0 radical (unpaired) electrons. The van der Waals surface area contributed by atoms with Crippen LogP contribution >= 0.6 is 11.3 Å². The number of para-hydroxylation sites is 1. The highest BCUT2D eigenvalue weighted by molar-refractivity contribution is 7.12. The van der Waals surface area contributed by atoms with Gasteiger partial charge >= 0.3 is 0 Å². The van der Waals surface area contributed by atoms with Crippen molar-refractivity contribution in [3.8, 4) is 0 Å². The standard InChI is InChI=1S/C21H26N4O3S/c1-14(2)19(22-20(27)17-10-6-12-29-17)21(28)24-23-18(26)13-25-11-5-8-15-7-3-4-9-16(15)25/h3-4,6-7,9-10,12,14,19H,5,8,11,13H2,1-2H3,(H,22,27)(H,23,26)(H,24,28)/t19-/m1/s1. The third-order valence-corrected chi connectivity index (χ3v) is 5.72. The van der Waals surface area contributed by atoms with Gasteiger partial charge < -0.3 is 10.2 Å². The van der Waals surface area contributed by atoms with E-state index in [0.29, 0.717) is 4.88 Å². The van der Waals surface area contributed by atoms with Crippen molar-refractivity contribution in [2.75, 3.05) is 18.0 Å². The van der Waals surface area contributed by atoms with E-state index in [1.54, 1.807) is 17.5 Å². The summed E-state index contributed by atoms with van der Waals surface area (Å²) in [5.41, 5.74) is 7.21. The van der Waals surface area contributed by atoms with Crippen molar-refractivity contribution in [1.82, 2.24) is 16.2 Å². The largest absolute Gasteiger partial charge is 0.362 e. The average Bonchev–Trinajstić information content (AvgIpc) is 3.25. The van der Waals surface area contributed by atoms with Gasteiger partial charge in [0.05, 0.1) is 11.4 Å². The molecule has 3 amide bonds. The number of nitrogens with zero attached hydrogens (tertiary/aromatic N) is 1. The molecule has 7 nitrogen and oxygen atoms in total. The molecule has 0 spiro atoms. The second-order valence-corrected chi connectivity index (χ2v) is 8.31. The molecular formula is C21H26N4O3S. The maximum atomic E-state index is 12.5. The maximum absolute atomic E-state index is 12.5. The number of carbonyl (C=O) groups is 3. The summed E-state index contributed by atoms with van der Waals surface area (Å²) >= 11 is 1.31. The van der Waals surface area contributed by atoms with Crippen molar-refractivity contribution in [3.63, 3.8) is 0 Å². The fourth-order valence-electron chi connectivity index (χ4n) is 3.35. The Morgan fingerprint density at radius 3 is 2.62 bits per heavy atom. The monoisotopic (exact) mass is 414 g/mol. The predicted octanol–water partition coefficient (Wildman–Crippen LogP) is 2.10. The van der Waals surface area contributed by atoms with E-state index in [1.807, 2.05) is 36.9 Å². The van der Waals surface area contributed by atoms with E-state index in [-0.39, 0.29) is 24.3 Å². The molecule has 0 unspecified atom stereocenters. The Morgan fingerprint density at radius 2 is 1.90 bits per heavy atom. The Labute approximate surface area is 174 Å². The summed E-state index contributed by atoms with van der Waals surface area (Å²) in [4.78, 5) is 39.7. The number of rotatable bonds is 6. The van der Waals surface area contributed by atoms with Crippen LogP contribution in [0, 0.1) is 5.92 Å². The molecule has 3 rings (SSSR count). The number of hydrogen-bond donors (Lipinski definition) is 3. The van der Waals surface area contributed by atoms with Crippen molar-refractivity contribution >= 4 is 34.7 Å². The first-order chi connectivity index (χ1) is 14.0. The lowest BCUT2D eigenvalue weighted by atomic mass is 10.0. The highest BCUT2D eigenvalue weighted by atomic mass is 32.1. The smallest absolute Gasteiger partial charge is 0.262 e. The van der Waals surface area contributed by atoms with Gasteiger partial charge in [0.1, 0.15) is 6.04 Å². The highest BCUT2D eigenvalue weighted by Crippen LogP contribution is 2.26. The van der Waals surface area contributed by atoms with Gasteiger partial charge in [-0.2, -0.15) is 0 Å². The number of hydrazine groups is 1. The van der Waals surface area contributed by atoms with Gasteiger partial charge in [0.2, 0.25) is 0 Å². The topological polar surface area (TPSA) is 90.5 Å². The normalized spacial score (nSPS) is 14.1. The average molecular weight is 415 g/mol. The second kappa shape index (κ2) is 9.56. The molecule has 0 bridgehead atoms. The van der Waals surface area contributed by atoms with Crippen LogP contribution in [0.25, 0.3) is 0 Å². The summed E-state index contributed by atoms with van der Waals surface area (Å²) in [7, 11) is 0. The maximum Gasteiger partial charge on any atom is 0.262 e. The third kappa shape index (κ3) is 5.35. The molecule has 1 aliphatic heterocycles. The van der Waals surface area contributed by atoms with Crippen LogP contribution in [0.4, 0.5) is 5.69 Å². The molecule has 0 fully saturated rings. The van der Waals surface area contributed by atoms with Crippen LogP contribution in [0.1, 0.15) is 35.5 Å². The number of fused-ring (bicyclic) bond motifs is 1. The molecule has 1 aromatic heterocycles. The second-order valence-electron chi connectivity index (χ2n) is 7.36. The number of benzene rings is 1. The van der Waals surface area contributed by atoms with Crippen molar-refractivity contribution in [3.05, 3.63) is 52.2 Å². The molecule has 1 aromatic carbocycles. The molecule has 8 heteroatoms. The van der Waals surface area contributed by atoms with Crippen LogP contribution in [0.3, 0.4) is 0 Å². The Balaban J connectivity index is 1.53. The first-order valence-electron chi connectivity index (χ1n) is 9.71. The molecule has 29 heavy (non-hydrogen) atoms. The number of thiophene rings is 1. The summed E-state index contributed by atoms with van der Waals surface area (Å²) in [6.07, 6.45) is 1.99. The zero-order chi connectivity index (χ0) is 20.8. The minimum atomic E-state index is -0.749. The molecule has 0 saturated heterocycles. The van der Waals surface area contributed by atoms with Crippen LogP contribution in [0.15, 0.2) is 41.8 Å². The lowest BCUT2D eigenvalue weighted by Crippen LogP contribution is -2.55. The van der Waals surface area contributed by atoms with E-state index < -0.39 is 11.9 Å². The van der Waals surface area contributed by atoms with Gasteiger partial charge in [0.15, 0.2) is 0 Å².